The van der Waals surface area contributed by atoms with E-state index < -0.39 is 5.97 Å². The molecule has 0 saturated carbocycles. The van der Waals surface area contributed by atoms with Crippen molar-refractivity contribution < 1.29 is 23.8 Å². The van der Waals surface area contributed by atoms with E-state index in [-0.39, 0.29) is 32.0 Å². The zero-order valence-corrected chi connectivity index (χ0v) is 14.4. The van der Waals surface area contributed by atoms with Crippen LogP contribution in [0.1, 0.15) is 18.0 Å². The number of amides is 1. The molecule has 134 valence electrons. The summed E-state index contributed by atoms with van der Waals surface area (Å²) in [5.74, 6) is -0.170. The van der Waals surface area contributed by atoms with Gasteiger partial charge in [-0.25, -0.2) is 4.98 Å². The summed E-state index contributed by atoms with van der Waals surface area (Å²) in [5.41, 5.74) is 1.69. The molecule has 1 amide bonds. The van der Waals surface area contributed by atoms with Gasteiger partial charge in [-0.3, -0.25) is 9.59 Å². The van der Waals surface area contributed by atoms with E-state index in [0.717, 1.165) is 11.3 Å². The zero-order chi connectivity index (χ0) is 18.2. The molecule has 0 spiro atoms. The number of carbonyl (C=O) groups excluding carboxylic acids is 1. The highest BCUT2D eigenvalue weighted by atomic mass is 16.5. The van der Waals surface area contributed by atoms with Crippen molar-refractivity contribution in [2.24, 2.45) is 0 Å². The van der Waals surface area contributed by atoms with E-state index in [9.17, 15) is 9.59 Å². The van der Waals surface area contributed by atoms with Crippen molar-refractivity contribution in [1.29, 1.82) is 0 Å². The molecule has 0 bridgehead atoms. The first-order valence-electron chi connectivity index (χ1n) is 8.01. The number of ether oxygens (including phenoxy) is 1. The summed E-state index contributed by atoms with van der Waals surface area (Å²) in [6.45, 7) is 2.03. The molecule has 7 nitrogen and oxygen atoms in total. The van der Waals surface area contributed by atoms with Gasteiger partial charge in [0.25, 0.3) is 0 Å². The number of oxazole rings is 1. The van der Waals surface area contributed by atoms with Crippen LogP contribution < -0.4 is 0 Å². The Morgan fingerprint density at radius 3 is 2.64 bits per heavy atom. The molecule has 25 heavy (non-hydrogen) atoms. The maximum atomic E-state index is 12.3. The van der Waals surface area contributed by atoms with Crippen molar-refractivity contribution >= 4 is 11.9 Å². The molecule has 2 aromatic rings. The Kier molecular flexibility index (Phi) is 6.71. The highest BCUT2D eigenvalue weighted by molar-refractivity contribution is 5.81. The molecule has 1 aromatic heterocycles. The SMILES string of the molecule is COCCN(CC(=O)O)C(=O)CCc1nc(C)c(-c2ccccc2)o1. The van der Waals surface area contributed by atoms with E-state index in [1.165, 1.54) is 12.0 Å². The third-order valence-electron chi connectivity index (χ3n) is 3.67. The molecule has 0 unspecified atom stereocenters. The lowest BCUT2D eigenvalue weighted by molar-refractivity contribution is -0.144. The first kappa shape index (κ1) is 18.7. The standard InChI is InChI=1S/C18H22N2O5/c1-13-18(14-6-4-3-5-7-14)25-15(19-13)8-9-16(21)20(10-11-24-2)12-17(22)23/h3-7H,8-12H2,1-2H3,(H,22,23). The Hall–Kier alpha value is -2.67. The van der Waals surface area contributed by atoms with Gasteiger partial charge in [0.2, 0.25) is 5.91 Å². The van der Waals surface area contributed by atoms with E-state index in [0.29, 0.717) is 18.1 Å². The summed E-state index contributed by atoms with van der Waals surface area (Å²) < 4.78 is 10.7. The largest absolute Gasteiger partial charge is 0.480 e. The van der Waals surface area contributed by atoms with Gasteiger partial charge in [-0.15, -0.1) is 0 Å². The zero-order valence-electron chi connectivity index (χ0n) is 14.4. The minimum atomic E-state index is -1.05. The summed E-state index contributed by atoms with van der Waals surface area (Å²) >= 11 is 0. The van der Waals surface area contributed by atoms with Gasteiger partial charge in [-0.1, -0.05) is 30.3 Å². The Balaban J connectivity index is 2.00. The van der Waals surface area contributed by atoms with E-state index in [2.05, 4.69) is 4.98 Å². The van der Waals surface area contributed by atoms with Crippen LogP contribution in [0.25, 0.3) is 11.3 Å². The molecule has 1 N–H and O–H groups in total. The lowest BCUT2D eigenvalue weighted by atomic mass is 10.1. The van der Waals surface area contributed by atoms with Gasteiger partial charge in [0.05, 0.1) is 12.3 Å². The van der Waals surface area contributed by atoms with Gasteiger partial charge in [-0.05, 0) is 6.92 Å². The fourth-order valence-electron chi connectivity index (χ4n) is 2.45. The smallest absolute Gasteiger partial charge is 0.323 e. The van der Waals surface area contributed by atoms with Gasteiger partial charge in [0, 0.05) is 32.1 Å². The molecule has 2 rings (SSSR count). The normalized spacial score (nSPS) is 10.6. The molecular formula is C18H22N2O5. The van der Waals surface area contributed by atoms with E-state index in [1.807, 2.05) is 37.3 Å². The average Bonchev–Trinajstić information content (AvgIpc) is 2.97. The van der Waals surface area contributed by atoms with Crippen molar-refractivity contribution in [3.8, 4) is 11.3 Å². The van der Waals surface area contributed by atoms with Crippen LogP contribution in [0.3, 0.4) is 0 Å². The number of carboxylic acid groups (broad SMARTS) is 1. The molecule has 1 heterocycles. The van der Waals surface area contributed by atoms with Gasteiger partial charge < -0.3 is 19.2 Å². The van der Waals surface area contributed by atoms with Crippen LogP contribution in [-0.2, 0) is 20.7 Å². The van der Waals surface area contributed by atoms with E-state index in [4.69, 9.17) is 14.3 Å². The molecule has 1 aromatic carbocycles. The number of aromatic nitrogens is 1. The lowest BCUT2D eigenvalue weighted by Gasteiger charge is -2.19. The number of hydrogen-bond acceptors (Lipinski definition) is 5. The second kappa shape index (κ2) is 8.98. The number of aliphatic carboxylic acids is 1. The van der Waals surface area contributed by atoms with Crippen LogP contribution in [0, 0.1) is 6.92 Å². The maximum Gasteiger partial charge on any atom is 0.323 e. The van der Waals surface area contributed by atoms with Crippen LogP contribution in [0.5, 0.6) is 0 Å². The second-order valence-corrected chi connectivity index (χ2v) is 5.59. The fraction of sp³-hybridized carbons (Fsp3) is 0.389. The van der Waals surface area contributed by atoms with Crippen LogP contribution in [0.4, 0.5) is 0 Å². The molecule has 0 aliphatic rings. The summed E-state index contributed by atoms with van der Waals surface area (Å²) in [4.78, 5) is 28.8. The van der Waals surface area contributed by atoms with E-state index >= 15 is 0 Å². The summed E-state index contributed by atoms with van der Waals surface area (Å²) in [6, 6.07) is 9.62. The Bertz CT molecular complexity index is 712. The fourth-order valence-corrected chi connectivity index (χ4v) is 2.45. The van der Waals surface area contributed by atoms with E-state index in [1.54, 1.807) is 0 Å². The molecule has 0 radical (unpaired) electrons. The topological polar surface area (TPSA) is 92.9 Å². The molecule has 0 fully saturated rings. The van der Waals surface area contributed by atoms with Crippen molar-refractivity contribution in [3.05, 3.63) is 41.9 Å². The van der Waals surface area contributed by atoms with Gasteiger partial charge >= 0.3 is 5.97 Å². The summed E-state index contributed by atoms with van der Waals surface area (Å²) in [6.07, 6.45) is 0.445. The second-order valence-electron chi connectivity index (χ2n) is 5.59. The predicted molar refractivity (Wildman–Crippen MR) is 91.1 cm³/mol. The number of nitrogens with zero attached hydrogens (tertiary/aromatic N) is 2. The van der Waals surface area contributed by atoms with Crippen LogP contribution in [0.2, 0.25) is 0 Å². The number of hydrogen-bond donors (Lipinski definition) is 1. The van der Waals surface area contributed by atoms with Crippen molar-refractivity contribution in [3.63, 3.8) is 0 Å². The molecule has 0 atom stereocenters. The third-order valence-corrected chi connectivity index (χ3v) is 3.67. The number of benzene rings is 1. The van der Waals surface area contributed by atoms with Crippen molar-refractivity contribution in [1.82, 2.24) is 9.88 Å². The highest BCUT2D eigenvalue weighted by Crippen LogP contribution is 2.24. The summed E-state index contributed by atoms with van der Waals surface area (Å²) in [7, 11) is 1.50. The molecule has 7 heteroatoms. The number of methoxy groups -OCH3 is 1. The Labute approximate surface area is 146 Å². The predicted octanol–water partition coefficient (Wildman–Crippen LogP) is 2.14. The summed E-state index contributed by atoms with van der Waals surface area (Å²) in [5, 5.41) is 8.92. The van der Waals surface area contributed by atoms with Crippen LogP contribution in [-0.4, -0.2) is 53.7 Å². The van der Waals surface area contributed by atoms with Crippen molar-refractivity contribution in [2.75, 3.05) is 26.8 Å². The van der Waals surface area contributed by atoms with Gasteiger partial charge in [0.15, 0.2) is 11.7 Å². The number of aryl methyl sites for hydroxylation is 2. The molecular weight excluding hydrogens is 324 g/mol. The van der Waals surface area contributed by atoms with Gasteiger partial charge in [0.1, 0.15) is 6.54 Å². The van der Waals surface area contributed by atoms with Gasteiger partial charge in [-0.2, -0.15) is 0 Å². The Morgan fingerprint density at radius 2 is 2.00 bits per heavy atom. The monoisotopic (exact) mass is 346 g/mol. The molecule has 0 saturated heterocycles. The maximum absolute atomic E-state index is 12.3. The number of carbonyl (C=O) groups is 2. The number of rotatable bonds is 9. The first-order valence-corrected chi connectivity index (χ1v) is 8.01. The quantitative estimate of drug-likeness (QED) is 0.748. The molecule has 0 aliphatic heterocycles. The number of carboxylic acids is 1. The minimum Gasteiger partial charge on any atom is -0.480 e. The first-order chi connectivity index (χ1) is 12.0. The third kappa shape index (κ3) is 5.42. The Morgan fingerprint density at radius 1 is 1.28 bits per heavy atom. The highest BCUT2D eigenvalue weighted by Gasteiger charge is 2.18. The lowest BCUT2D eigenvalue weighted by Crippen LogP contribution is -2.38. The van der Waals surface area contributed by atoms with Crippen molar-refractivity contribution in [2.45, 2.75) is 19.8 Å². The average molecular weight is 346 g/mol. The van der Waals surface area contributed by atoms with Crippen LogP contribution in [0.15, 0.2) is 34.7 Å². The minimum absolute atomic E-state index is 0.130. The molecule has 0 aliphatic carbocycles. The van der Waals surface area contributed by atoms with Crippen LogP contribution >= 0.6 is 0 Å².